The van der Waals surface area contributed by atoms with E-state index >= 15 is 0 Å². The molecular weight excluding hydrogens is 460 g/mol. The molecule has 0 aliphatic carbocycles. The smallest absolute Gasteiger partial charge is 0.303 e. The average Bonchev–Trinajstić information content (AvgIpc) is 3.06. The summed E-state index contributed by atoms with van der Waals surface area (Å²) < 4.78 is 31.0. The van der Waals surface area contributed by atoms with Crippen molar-refractivity contribution in [3.05, 3.63) is 60.2 Å². The van der Waals surface area contributed by atoms with E-state index in [4.69, 9.17) is 23.7 Å². The van der Waals surface area contributed by atoms with Crippen molar-refractivity contribution < 1.29 is 33.3 Å². The molecule has 6 atom stereocenters. The topological polar surface area (TPSA) is 80.3 Å². The summed E-state index contributed by atoms with van der Waals surface area (Å²) in [6.45, 7) is 4.83. The van der Waals surface area contributed by atoms with Crippen LogP contribution in [0.15, 0.2) is 54.6 Å². The van der Waals surface area contributed by atoms with Crippen LogP contribution in [0.4, 0.5) is 0 Å². The Morgan fingerprint density at radius 1 is 1.17 bits per heavy atom. The summed E-state index contributed by atoms with van der Waals surface area (Å²) in [6, 6.07) is 9.87. The number of ketones is 1. The van der Waals surface area contributed by atoms with Gasteiger partial charge in [0.2, 0.25) is 0 Å². The molecule has 3 aliphatic heterocycles. The molecule has 0 spiro atoms. The maximum absolute atomic E-state index is 13.3. The van der Waals surface area contributed by atoms with Crippen LogP contribution in [0.3, 0.4) is 0 Å². The molecule has 0 amide bonds. The van der Waals surface area contributed by atoms with E-state index in [-0.39, 0.29) is 36.8 Å². The number of carbonyl (C=O) groups is 2. The number of allylic oxidation sites excluding steroid dienone is 1. The minimum atomic E-state index is -0.925. The van der Waals surface area contributed by atoms with E-state index in [9.17, 15) is 9.59 Å². The predicted molar refractivity (Wildman–Crippen MR) is 134 cm³/mol. The van der Waals surface area contributed by atoms with Gasteiger partial charge in [-0.15, -0.1) is 0 Å². The van der Waals surface area contributed by atoms with Gasteiger partial charge in [0.1, 0.15) is 23.9 Å². The van der Waals surface area contributed by atoms with E-state index in [0.29, 0.717) is 32.7 Å². The normalized spacial score (nSPS) is 32.8. The molecule has 36 heavy (non-hydrogen) atoms. The minimum absolute atomic E-state index is 0.0127. The van der Waals surface area contributed by atoms with Crippen LogP contribution in [-0.2, 0) is 39.9 Å². The molecule has 7 nitrogen and oxygen atoms in total. The Morgan fingerprint density at radius 3 is 2.81 bits per heavy atom. The average molecular weight is 499 g/mol. The lowest BCUT2D eigenvalue weighted by molar-refractivity contribution is -0.229. The summed E-state index contributed by atoms with van der Waals surface area (Å²) in [5.41, 5.74) is 0.0852. The number of hydrogen-bond donors (Lipinski definition) is 0. The second-order valence-corrected chi connectivity index (χ2v) is 9.89. The van der Waals surface area contributed by atoms with Crippen molar-refractivity contribution in [2.75, 3.05) is 13.2 Å². The Morgan fingerprint density at radius 2 is 2.00 bits per heavy atom. The maximum Gasteiger partial charge on any atom is 0.303 e. The molecule has 0 unspecified atom stereocenters. The highest BCUT2D eigenvalue weighted by molar-refractivity contribution is 5.84. The van der Waals surface area contributed by atoms with Crippen molar-refractivity contribution in [1.29, 1.82) is 0 Å². The number of ether oxygens (including phenoxy) is 5. The van der Waals surface area contributed by atoms with E-state index in [1.54, 1.807) is 0 Å². The predicted octanol–water partition coefficient (Wildman–Crippen LogP) is 4.48. The lowest BCUT2D eigenvalue weighted by atomic mass is 9.83. The summed E-state index contributed by atoms with van der Waals surface area (Å²) in [7, 11) is 0. The molecule has 1 fully saturated rings. The van der Waals surface area contributed by atoms with Crippen molar-refractivity contribution >= 4 is 11.8 Å². The molecule has 0 radical (unpaired) electrons. The molecule has 0 bridgehead atoms. The number of benzene rings is 1. The minimum Gasteiger partial charge on any atom is -0.459 e. The van der Waals surface area contributed by atoms with E-state index in [1.807, 2.05) is 55.5 Å². The quantitative estimate of drug-likeness (QED) is 0.405. The monoisotopic (exact) mass is 498 g/mol. The second kappa shape index (κ2) is 12.8. The number of rotatable bonds is 7. The largest absolute Gasteiger partial charge is 0.459 e. The molecule has 196 valence electrons. The first-order valence-corrected chi connectivity index (χ1v) is 13.0. The summed E-state index contributed by atoms with van der Waals surface area (Å²) in [4.78, 5) is 25.2. The molecule has 0 saturated carbocycles. The third-order valence-electron chi connectivity index (χ3n) is 7.18. The van der Waals surface area contributed by atoms with E-state index in [1.165, 1.54) is 6.92 Å². The fraction of sp³-hybridized carbons (Fsp3) is 0.586. The van der Waals surface area contributed by atoms with Gasteiger partial charge in [-0.25, -0.2) is 0 Å². The summed E-state index contributed by atoms with van der Waals surface area (Å²) >= 11 is 0. The molecular formula is C29H38O7. The van der Waals surface area contributed by atoms with Crippen molar-refractivity contribution in [1.82, 2.24) is 0 Å². The van der Waals surface area contributed by atoms with Crippen molar-refractivity contribution in [3.8, 4) is 0 Å². The van der Waals surface area contributed by atoms with Crippen LogP contribution < -0.4 is 0 Å². The van der Waals surface area contributed by atoms with E-state index < -0.39 is 23.9 Å². The van der Waals surface area contributed by atoms with E-state index in [2.05, 4.69) is 6.08 Å². The third-order valence-corrected chi connectivity index (χ3v) is 7.18. The van der Waals surface area contributed by atoms with Gasteiger partial charge in [0.15, 0.2) is 5.78 Å². The Bertz CT molecular complexity index is 927. The molecule has 3 aliphatic rings. The zero-order valence-corrected chi connectivity index (χ0v) is 21.3. The first kappa shape index (κ1) is 26.7. The molecule has 1 saturated heterocycles. The van der Waals surface area contributed by atoms with Gasteiger partial charge >= 0.3 is 5.97 Å². The summed E-state index contributed by atoms with van der Waals surface area (Å²) in [6.07, 6.45) is 9.29. The fourth-order valence-corrected chi connectivity index (χ4v) is 5.14. The lowest BCUT2D eigenvalue weighted by Gasteiger charge is -2.46. The van der Waals surface area contributed by atoms with E-state index in [0.717, 1.165) is 18.4 Å². The zero-order valence-electron chi connectivity index (χ0n) is 21.3. The summed E-state index contributed by atoms with van der Waals surface area (Å²) in [5.74, 6) is -0.372. The Balaban J connectivity index is 1.61. The second-order valence-electron chi connectivity index (χ2n) is 9.89. The summed E-state index contributed by atoms with van der Waals surface area (Å²) in [5, 5.41) is 0. The van der Waals surface area contributed by atoms with Gasteiger partial charge < -0.3 is 23.7 Å². The van der Waals surface area contributed by atoms with Gasteiger partial charge in [0, 0.05) is 26.4 Å². The van der Waals surface area contributed by atoms with Gasteiger partial charge in [0.05, 0.1) is 25.4 Å². The van der Waals surface area contributed by atoms with Crippen LogP contribution in [0, 0.1) is 0 Å². The van der Waals surface area contributed by atoms with Crippen LogP contribution >= 0.6 is 0 Å². The molecule has 1 aromatic carbocycles. The third kappa shape index (κ3) is 6.91. The fourth-order valence-electron chi connectivity index (χ4n) is 5.14. The SMILES string of the molecule is CC(=O)O[C@@H]1CCCO[C@@]1(C)[C@@H](C[C@H]1O[C@H]2C=CCCO[C@@H]2C/C=C\CC1=O)OCc1ccccc1. The zero-order chi connectivity index (χ0) is 25.4. The number of carbonyl (C=O) groups excluding carboxylic acids is 2. The number of hydrogen-bond acceptors (Lipinski definition) is 7. The van der Waals surface area contributed by atoms with Crippen LogP contribution in [0.5, 0.6) is 0 Å². The first-order chi connectivity index (χ1) is 17.5. The molecule has 0 aromatic heterocycles. The number of esters is 1. The van der Waals surface area contributed by atoms with Crippen molar-refractivity contribution in [3.63, 3.8) is 0 Å². The number of fused-ring (bicyclic) bond motifs is 1. The maximum atomic E-state index is 13.3. The molecule has 7 heteroatoms. The van der Waals surface area contributed by atoms with Gasteiger partial charge in [0.25, 0.3) is 0 Å². The van der Waals surface area contributed by atoms with Gasteiger partial charge in [-0.05, 0) is 38.2 Å². The van der Waals surface area contributed by atoms with Gasteiger partial charge in [-0.1, -0.05) is 54.6 Å². The van der Waals surface area contributed by atoms with Crippen molar-refractivity contribution in [2.24, 2.45) is 0 Å². The Labute approximate surface area is 213 Å². The van der Waals surface area contributed by atoms with Crippen molar-refractivity contribution in [2.45, 2.75) is 95.1 Å². The van der Waals surface area contributed by atoms with Gasteiger partial charge in [-0.2, -0.15) is 0 Å². The standard InChI is InChI=1S/C29H38O7/c1-21(30)35-27-16-10-18-34-29(27,2)28(33-20-22-11-4-3-5-12-22)19-26-23(31)13-6-7-14-24-25(36-26)15-8-9-17-32-24/h3-8,11-12,15,24-28H,9-10,13-14,16-20H2,1-2H3/b7-6-/t24-,25+,26-,27-,28-,29-/m1/s1. The van der Waals surface area contributed by atoms with Crippen LogP contribution in [0.1, 0.15) is 57.9 Å². The van der Waals surface area contributed by atoms with Crippen LogP contribution in [0.2, 0.25) is 0 Å². The lowest BCUT2D eigenvalue weighted by Crippen LogP contribution is -2.58. The Kier molecular flexibility index (Phi) is 9.48. The highest BCUT2D eigenvalue weighted by atomic mass is 16.6. The highest BCUT2D eigenvalue weighted by Crippen LogP contribution is 2.36. The highest BCUT2D eigenvalue weighted by Gasteiger charge is 2.49. The van der Waals surface area contributed by atoms with Crippen LogP contribution in [-0.4, -0.2) is 61.1 Å². The molecule has 3 heterocycles. The molecule has 4 rings (SSSR count). The first-order valence-electron chi connectivity index (χ1n) is 13.0. The Hall–Kier alpha value is -2.32. The molecule has 1 aromatic rings. The van der Waals surface area contributed by atoms with Crippen LogP contribution in [0.25, 0.3) is 0 Å². The number of Topliss-reactive ketones (excluding diaryl/α,β-unsaturated/α-hetero) is 1. The molecule has 0 N–H and O–H groups in total. The van der Waals surface area contributed by atoms with Gasteiger partial charge in [-0.3, -0.25) is 9.59 Å².